The summed E-state index contributed by atoms with van der Waals surface area (Å²) >= 11 is 0. The molecule has 5 nitrogen and oxygen atoms in total. The molecule has 0 saturated heterocycles. The van der Waals surface area contributed by atoms with Gasteiger partial charge in [-0.25, -0.2) is 13.2 Å². The van der Waals surface area contributed by atoms with Gasteiger partial charge >= 0.3 is 0 Å². The fraction of sp³-hybridized carbons (Fsp3) is 0.263. The van der Waals surface area contributed by atoms with Crippen LogP contribution >= 0.6 is 0 Å². The molecule has 0 aromatic heterocycles. The van der Waals surface area contributed by atoms with Crippen LogP contribution in [0.3, 0.4) is 0 Å². The van der Waals surface area contributed by atoms with Gasteiger partial charge in [-0.15, -0.1) is 0 Å². The van der Waals surface area contributed by atoms with Crippen molar-refractivity contribution in [3.8, 4) is 5.75 Å². The van der Waals surface area contributed by atoms with Crippen LogP contribution in [0.5, 0.6) is 5.75 Å². The van der Waals surface area contributed by atoms with Gasteiger partial charge in [0, 0.05) is 6.54 Å². The molecule has 2 aromatic carbocycles. The van der Waals surface area contributed by atoms with E-state index in [4.69, 9.17) is 0 Å². The third-order valence-corrected chi connectivity index (χ3v) is 3.81. The molecule has 0 aliphatic heterocycles. The van der Waals surface area contributed by atoms with Crippen molar-refractivity contribution in [2.75, 3.05) is 18.4 Å². The van der Waals surface area contributed by atoms with E-state index in [0.29, 0.717) is 12.5 Å². The summed E-state index contributed by atoms with van der Waals surface area (Å²) in [6, 6.07) is 6.09. The van der Waals surface area contributed by atoms with E-state index in [1.54, 1.807) is 19.9 Å². The minimum atomic E-state index is -1.70. The molecule has 0 radical (unpaired) electrons. The summed E-state index contributed by atoms with van der Waals surface area (Å²) in [6.45, 7) is 3.31. The second kappa shape index (κ2) is 8.57. The topological polar surface area (TPSA) is 69.6 Å². The number of benzene rings is 2. The highest BCUT2D eigenvalue weighted by Crippen LogP contribution is 2.21. The number of carbonyl (C=O) groups is 2. The maximum Gasteiger partial charge on any atom is 0.258 e. The smallest absolute Gasteiger partial charge is 0.258 e. The van der Waals surface area contributed by atoms with E-state index in [2.05, 4.69) is 5.32 Å². The lowest BCUT2D eigenvalue weighted by atomic mass is 10.1. The van der Waals surface area contributed by atoms with E-state index in [1.165, 1.54) is 17.0 Å². The van der Waals surface area contributed by atoms with E-state index < -0.39 is 41.5 Å². The number of phenols is 1. The molecule has 2 amide bonds. The largest absolute Gasteiger partial charge is 0.507 e. The van der Waals surface area contributed by atoms with Crippen LogP contribution in [0.4, 0.5) is 18.9 Å². The lowest BCUT2D eigenvalue weighted by molar-refractivity contribution is -0.116. The number of rotatable bonds is 6. The third kappa shape index (κ3) is 4.78. The van der Waals surface area contributed by atoms with Crippen LogP contribution in [0, 0.1) is 24.4 Å². The summed E-state index contributed by atoms with van der Waals surface area (Å²) in [5.74, 6) is -6.16. The van der Waals surface area contributed by atoms with Crippen molar-refractivity contribution >= 4 is 17.5 Å². The summed E-state index contributed by atoms with van der Waals surface area (Å²) in [5.41, 5.74) is 0.261. The van der Waals surface area contributed by atoms with E-state index in [0.717, 1.165) is 11.6 Å². The van der Waals surface area contributed by atoms with Crippen LogP contribution < -0.4 is 5.32 Å². The lowest BCUT2D eigenvalue weighted by Crippen LogP contribution is -2.38. The zero-order valence-corrected chi connectivity index (χ0v) is 14.9. The summed E-state index contributed by atoms with van der Waals surface area (Å²) in [4.78, 5) is 26.0. The molecular formula is C19H19F3N2O3. The summed E-state index contributed by atoms with van der Waals surface area (Å²) < 4.78 is 39.9. The van der Waals surface area contributed by atoms with Gasteiger partial charge in [0.15, 0.2) is 17.5 Å². The molecule has 27 heavy (non-hydrogen) atoms. The number of aryl methyl sites for hydroxylation is 1. The lowest BCUT2D eigenvalue weighted by Gasteiger charge is -2.22. The first-order valence-corrected chi connectivity index (χ1v) is 8.26. The Morgan fingerprint density at radius 1 is 1.11 bits per heavy atom. The van der Waals surface area contributed by atoms with Crippen molar-refractivity contribution in [2.45, 2.75) is 20.3 Å². The maximum atomic E-state index is 13.7. The average molecular weight is 380 g/mol. The SMILES string of the molecule is CCCN(CC(=O)Nc1ccc(F)c(F)c1F)C(=O)c1cc(C)ccc1O. The highest BCUT2D eigenvalue weighted by atomic mass is 19.2. The van der Waals surface area contributed by atoms with Crippen molar-refractivity contribution in [3.05, 3.63) is 58.9 Å². The molecule has 0 atom stereocenters. The number of amides is 2. The van der Waals surface area contributed by atoms with Crippen LogP contribution in [0.1, 0.15) is 29.3 Å². The van der Waals surface area contributed by atoms with Crippen LogP contribution in [0.15, 0.2) is 30.3 Å². The Hall–Kier alpha value is -3.03. The van der Waals surface area contributed by atoms with Crippen molar-refractivity contribution < 1.29 is 27.9 Å². The molecule has 144 valence electrons. The summed E-state index contributed by atoms with van der Waals surface area (Å²) in [7, 11) is 0. The van der Waals surface area contributed by atoms with Gasteiger partial charge in [0.2, 0.25) is 5.91 Å². The number of carbonyl (C=O) groups excluding carboxylic acids is 2. The molecule has 2 aromatic rings. The van der Waals surface area contributed by atoms with Gasteiger partial charge in [0.1, 0.15) is 12.3 Å². The van der Waals surface area contributed by atoms with E-state index in [1.807, 2.05) is 0 Å². The molecule has 2 N–H and O–H groups in total. The van der Waals surface area contributed by atoms with Crippen molar-refractivity contribution in [1.82, 2.24) is 4.90 Å². The molecule has 0 aliphatic carbocycles. The highest BCUT2D eigenvalue weighted by molar-refractivity contribution is 6.01. The molecule has 0 bridgehead atoms. The molecule has 0 fully saturated rings. The van der Waals surface area contributed by atoms with Crippen LogP contribution in [0.25, 0.3) is 0 Å². The van der Waals surface area contributed by atoms with Gasteiger partial charge in [-0.2, -0.15) is 0 Å². The predicted octanol–water partition coefficient (Wildman–Crippen LogP) is 3.61. The summed E-state index contributed by atoms with van der Waals surface area (Å²) in [5, 5.41) is 12.0. The fourth-order valence-corrected chi connectivity index (χ4v) is 2.50. The molecule has 0 aliphatic rings. The molecule has 8 heteroatoms. The van der Waals surface area contributed by atoms with Gasteiger partial charge < -0.3 is 15.3 Å². The Kier molecular flexibility index (Phi) is 6.44. The number of halogens is 3. The fourth-order valence-electron chi connectivity index (χ4n) is 2.50. The molecular weight excluding hydrogens is 361 g/mol. The first-order valence-electron chi connectivity index (χ1n) is 8.26. The third-order valence-electron chi connectivity index (χ3n) is 3.81. The Bertz CT molecular complexity index is 872. The Labute approximate surface area is 154 Å². The van der Waals surface area contributed by atoms with Crippen molar-refractivity contribution in [2.24, 2.45) is 0 Å². The van der Waals surface area contributed by atoms with Gasteiger partial charge in [-0.3, -0.25) is 9.59 Å². The number of hydrogen-bond acceptors (Lipinski definition) is 3. The molecule has 0 heterocycles. The van der Waals surface area contributed by atoms with Crippen molar-refractivity contribution in [1.29, 1.82) is 0 Å². The van der Waals surface area contributed by atoms with E-state index >= 15 is 0 Å². The van der Waals surface area contributed by atoms with Crippen LogP contribution in [0.2, 0.25) is 0 Å². The van der Waals surface area contributed by atoms with Gasteiger partial charge in [-0.1, -0.05) is 18.6 Å². The minimum absolute atomic E-state index is 0.0373. The first-order chi connectivity index (χ1) is 12.7. The minimum Gasteiger partial charge on any atom is -0.507 e. The maximum absolute atomic E-state index is 13.7. The normalized spacial score (nSPS) is 10.6. The number of aromatic hydroxyl groups is 1. The van der Waals surface area contributed by atoms with E-state index in [-0.39, 0.29) is 17.9 Å². The quantitative estimate of drug-likeness (QED) is 0.753. The van der Waals surface area contributed by atoms with Gasteiger partial charge in [0.05, 0.1) is 11.3 Å². The highest BCUT2D eigenvalue weighted by Gasteiger charge is 2.22. The summed E-state index contributed by atoms with van der Waals surface area (Å²) in [6.07, 6.45) is 0.533. The zero-order valence-electron chi connectivity index (χ0n) is 14.9. The number of hydrogen-bond donors (Lipinski definition) is 2. The van der Waals surface area contributed by atoms with E-state index in [9.17, 15) is 27.9 Å². The second-order valence-electron chi connectivity index (χ2n) is 6.02. The van der Waals surface area contributed by atoms with Gasteiger partial charge in [-0.05, 0) is 37.6 Å². The Morgan fingerprint density at radius 2 is 1.81 bits per heavy atom. The predicted molar refractivity (Wildman–Crippen MR) is 94.0 cm³/mol. The number of nitrogens with one attached hydrogen (secondary N) is 1. The monoisotopic (exact) mass is 380 g/mol. The standard InChI is InChI=1S/C19H19F3N2O3/c1-3-8-24(19(27)12-9-11(2)4-7-15(12)25)10-16(26)23-14-6-5-13(20)17(21)18(14)22/h4-7,9,25H,3,8,10H2,1-2H3,(H,23,26). The first kappa shape index (κ1) is 20.3. The number of anilines is 1. The number of phenolic OH excluding ortho intramolecular Hbond substituents is 1. The molecule has 0 unspecified atom stereocenters. The molecule has 0 saturated carbocycles. The van der Waals surface area contributed by atoms with Gasteiger partial charge in [0.25, 0.3) is 5.91 Å². The Morgan fingerprint density at radius 3 is 2.48 bits per heavy atom. The zero-order chi connectivity index (χ0) is 20.1. The molecule has 0 spiro atoms. The average Bonchev–Trinajstić information content (AvgIpc) is 2.63. The molecule has 2 rings (SSSR count). The van der Waals surface area contributed by atoms with Crippen LogP contribution in [-0.2, 0) is 4.79 Å². The van der Waals surface area contributed by atoms with Crippen LogP contribution in [-0.4, -0.2) is 34.9 Å². The second-order valence-corrected chi connectivity index (χ2v) is 6.02. The Balaban J connectivity index is 2.18. The van der Waals surface area contributed by atoms with Crippen molar-refractivity contribution in [3.63, 3.8) is 0 Å². The number of nitrogens with zero attached hydrogens (tertiary/aromatic N) is 1.